The molecule has 98 valence electrons. The summed E-state index contributed by atoms with van der Waals surface area (Å²) in [7, 11) is 0. The summed E-state index contributed by atoms with van der Waals surface area (Å²) in [6, 6.07) is 6.29. The Bertz CT molecular complexity index is 431. The SMILES string of the molecule is Cc1ccc(C(=O)NC2CCC(C)CC2)cc1C. The van der Waals surface area contributed by atoms with Crippen molar-refractivity contribution in [3.05, 3.63) is 34.9 Å². The molecule has 1 aliphatic carbocycles. The molecule has 1 saturated carbocycles. The smallest absolute Gasteiger partial charge is 0.251 e. The minimum absolute atomic E-state index is 0.0812. The zero-order chi connectivity index (χ0) is 13.1. The van der Waals surface area contributed by atoms with Crippen molar-refractivity contribution in [3.63, 3.8) is 0 Å². The Morgan fingerprint density at radius 2 is 1.78 bits per heavy atom. The number of carbonyl (C=O) groups excluding carboxylic acids is 1. The molecule has 0 bridgehead atoms. The van der Waals surface area contributed by atoms with E-state index in [4.69, 9.17) is 0 Å². The van der Waals surface area contributed by atoms with Gasteiger partial charge in [0, 0.05) is 11.6 Å². The number of hydrogen-bond donors (Lipinski definition) is 1. The van der Waals surface area contributed by atoms with Gasteiger partial charge in [-0.2, -0.15) is 0 Å². The van der Waals surface area contributed by atoms with Crippen molar-refractivity contribution in [2.45, 2.75) is 52.5 Å². The molecule has 0 heterocycles. The molecular weight excluding hydrogens is 222 g/mol. The Kier molecular flexibility index (Phi) is 4.05. The third-order valence-corrected chi connectivity index (χ3v) is 4.12. The van der Waals surface area contributed by atoms with Crippen LogP contribution < -0.4 is 5.32 Å². The van der Waals surface area contributed by atoms with Gasteiger partial charge in [-0.3, -0.25) is 4.79 Å². The highest BCUT2D eigenvalue weighted by Gasteiger charge is 2.20. The summed E-state index contributed by atoms with van der Waals surface area (Å²) >= 11 is 0. The average molecular weight is 245 g/mol. The fraction of sp³-hybridized carbons (Fsp3) is 0.562. The molecule has 0 atom stereocenters. The average Bonchev–Trinajstić information content (AvgIpc) is 2.35. The topological polar surface area (TPSA) is 29.1 Å². The zero-order valence-corrected chi connectivity index (χ0v) is 11.6. The Morgan fingerprint density at radius 3 is 2.39 bits per heavy atom. The highest BCUT2D eigenvalue weighted by atomic mass is 16.1. The minimum Gasteiger partial charge on any atom is -0.349 e. The molecule has 0 radical (unpaired) electrons. The van der Waals surface area contributed by atoms with Crippen molar-refractivity contribution in [1.82, 2.24) is 5.32 Å². The van der Waals surface area contributed by atoms with Gasteiger partial charge in [-0.1, -0.05) is 13.0 Å². The standard InChI is InChI=1S/C16H23NO/c1-11-4-8-15(9-5-11)17-16(18)14-7-6-12(2)13(3)10-14/h6-7,10-11,15H,4-5,8-9H2,1-3H3,(H,17,18). The van der Waals surface area contributed by atoms with Crippen molar-refractivity contribution in [3.8, 4) is 0 Å². The van der Waals surface area contributed by atoms with Gasteiger partial charge in [-0.25, -0.2) is 0 Å². The molecule has 0 aliphatic heterocycles. The number of rotatable bonds is 2. The van der Waals surface area contributed by atoms with E-state index in [0.29, 0.717) is 6.04 Å². The van der Waals surface area contributed by atoms with Gasteiger partial charge in [0.25, 0.3) is 5.91 Å². The van der Waals surface area contributed by atoms with Crippen molar-refractivity contribution < 1.29 is 4.79 Å². The van der Waals surface area contributed by atoms with Crippen LogP contribution in [0.1, 0.15) is 54.1 Å². The van der Waals surface area contributed by atoms with E-state index in [2.05, 4.69) is 26.1 Å². The van der Waals surface area contributed by atoms with E-state index in [0.717, 1.165) is 24.3 Å². The second kappa shape index (κ2) is 5.55. The molecule has 1 aromatic carbocycles. The van der Waals surface area contributed by atoms with Crippen molar-refractivity contribution in [2.75, 3.05) is 0 Å². The van der Waals surface area contributed by atoms with E-state index in [9.17, 15) is 4.79 Å². The first-order chi connectivity index (χ1) is 8.56. The van der Waals surface area contributed by atoms with Gasteiger partial charge in [0.15, 0.2) is 0 Å². The lowest BCUT2D eigenvalue weighted by Gasteiger charge is -2.27. The van der Waals surface area contributed by atoms with Crippen LogP contribution in [0.4, 0.5) is 0 Å². The fourth-order valence-corrected chi connectivity index (χ4v) is 2.56. The molecule has 2 heteroatoms. The van der Waals surface area contributed by atoms with Gasteiger partial charge in [-0.05, 0) is 68.7 Å². The summed E-state index contributed by atoms with van der Waals surface area (Å²) in [5.41, 5.74) is 3.20. The van der Waals surface area contributed by atoms with Crippen LogP contribution in [-0.4, -0.2) is 11.9 Å². The van der Waals surface area contributed by atoms with E-state index < -0.39 is 0 Å². The van der Waals surface area contributed by atoms with Crippen LogP contribution in [-0.2, 0) is 0 Å². The first-order valence-corrected chi connectivity index (χ1v) is 6.94. The van der Waals surface area contributed by atoms with Gasteiger partial charge in [-0.15, -0.1) is 0 Å². The molecular formula is C16H23NO. The molecule has 1 fully saturated rings. The molecule has 1 N–H and O–H groups in total. The molecule has 1 aromatic rings. The van der Waals surface area contributed by atoms with Crippen molar-refractivity contribution in [2.24, 2.45) is 5.92 Å². The van der Waals surface area contributed by atoms with E-state index in [-0.39, 0.29) is 5.91 Å². The third kappa shape index (κ3) is 3.12. The Hall–Kier alpha value is -1.31. The predicted molar refractivity (Wildman–Crippen MR) is 74.8 cm³/mol. The maximum Gasteiger partial charge on any atom is 0.251 e. The Morgan fingerprint density at radius 1 is 1.11 bits per heavy atom. The summed E-state index contributed by atoms with van der Waals surface area (Å²) in [6.45, 7) is 6.41. The molecule has 1 aliphatic rings. The highest BCUT2D eigenvalue weighted by Crippen LogP contribution is 2.23. The van der Waals surface area contributed by atoms with Crippen LogP contribution in [0.2, 0.25) is 0 Å². The molecule has 0 saturated heterocycles. The number of benzene rings is 1. The number of carbonyl (C=O) groups is 1. The second-order valence-corrected chi connectivity index (χ2v) is 5.73. The van der Waals surface area contributed by atoms with E-state index in [1.807, 2.05) is 18.2 Å². The van der Waals surface area contributed by atoms with Gasteiger partial charge in [0.2, 0.25) is 0 Å². The first kappa shape index (κ1) is 13.1. The van der Waals surface area contributed by atoms with Crippen LogP contribution in [0.15, 0.2) is 18.2 Å². The Balaban J connectivity index is 1.97. The number of hydrogen-bond acceptors (Lipinski definition) is 1. The number of aryl methyl sites for hydroxylation is 2. The van der Waals surface area contributed by atoms with Crippen LogP contribution in [0, 0.1) is 19.8 Å². The van der Waals surface area contributed by atoms with Crippen LogP contribution >= 0.6 is 0 Å². The van der Waals surface area contributed by atoms with Crippen LogP contribution in [0.25, 0.3) is 0 Å². The normalized spacial score (nSPS) is 23.7. The molecule has 0 aromatic heterocycles. The van der Waals surface area contributed by atoms with Gasteiger partial charge in [0.05, 0.1) is 0 Å². The summed E-state index contributed by atoms with van der Waals surface area (Å²) < 4.78 is 0. The summed E-state index contributed by atoms with van der Waals surface area (Å²) in [5.74, 6) is 0.900. The number of nitrogens with one attached hydrogen (secondary N) is 1. The van der Waals surface area contributed by atoms with Crippen molar-refractivity contribution in [1.29, 1.82) is 0 Å². The highest BCUT2D eigenvalue weighted by molar-refractivity contribution is 5.94. The lowest BCUT2D eigenvalue weighted by Crippen LogP contribution is -2.37. The number of amides is 1. The summed E-state index contributed by atoms with van der Waals surface area (Å²) in [6.07, 6.45) is 4.71. The fourth-order valence-electron chi connectivity index (χ4n) is 2.56. The second-order valence-electron chi connectivity index (χ2n) is 5.73. The summed E-state index contributed by atoms with van der Waals surface area (Å²) in [5, 5.41) is 3.16. The molecule has 18 heavy (non-hydrogen) atoms. The predicted octanol–water partition coefficient (Wildman–Crippen LogP) is 3.61. The summed E-state index contributed by atoms with van der Waals surface area (Å²) in [4.78, 5) is 12.1. The lowest BCUT2D eigenvalue weighted by atomic mass is 9.87. The van der Waals surface area contributed by atoms with Crippen LogP contribution in [0.3, 0.4) is 0 Å². The molecule has 1 amide bonds. The molecule has 2 rings (SSSR count). The van der Waals surface area contributed by atoms with Gasteiger partial charge < -0.3 is 5.32 Å². The van der Waals surface area contributed by atoms with E-state index in [1.54, 1.807) is 0 Å². The quantitative estimate of drug-likeness (QED) is 0.847. The van der Waals surface area contributed by atoms with E-state index >= 15 is 0 Å². The lowest BCUT2D eigenvalue weighted by molar-refractivity contribution is 0.0923. The van der Waals surface area contributed by atoms with E-state index in [1.165, 1.54) is 24.0 Å². The monoisotopic (exact) mass is 245 g/mol. The zero-order valence-electron chi connectivity index (χ0n) is 11.6. The molecule has 0 unspecified atom stereocenters. The molecule has 0 spiro atoms. The van der Waals surface area contributed by atoms with Gasteiger partial charge in [0.1, 0.15) is 0 Å². The first-order valence-electron chi connectivity index (χ1n) is 6.94. The third-order valence-electron chi connectivity index (χ3n) is 4.12. The maximum absolute atomic E-state index is 12.1. The Labute approximate surface area is 110 Å². The molecule has 2 nitrogen and oxygen atoms in total. The van der Waals surface area contributed by atoms with Gasteiger partial charge >= 0.3 is 0 Å². The minimum atomic E-state index is 0.0812. The maximum atomic E-state index is 12.1. The van der Waals surface area contributed by atoms with Crippen LogP contribution in [0.5, 0.6) is 0 Å². The van der Waals surface area contributed by atoms with Crippen molar-refractivity contribution >= 4 is 5.91 Å². The largest absolute Gasteiger partial charge is 0.349 e.